The van der Waals surface area contributed by atoms with Crippen molar-refractivity contribution in [3.8, 4) is 0 Å². The number of rotatable bonds is 3. The third-order valence-electron chi connectivity index (χ3n) is 3.91. The van der Waals surface area contributed by atoms with Gasteiger partial charge < -0.3 is 11.1 Å². The molecule has 1 heterocycles. The molecule has 1 aliphatic heterocycles. The van der Waals surface area contributed by atoms with Crippen molar-refractivity contribution >= 4 is 17.5 Å². The molecule has 1 amide bonds. The molecule has 1 atom stereocenters. The van der Waals surface area contributed by atoms with Gasteiger partial charge in [-0.05, 0) is 32.0 Å². The van der Waals surface area contributed by atoms with E-state index in [1.807, 2.05) is 4.90 Å². The van der Waals surface area contributed by atoms with Gasteiger partial charge in [0.1, 0.15) is 11.4 Å². The number of primary amides is 1. The summed E-state index contributed by atoms with van der Waals surface area (Å²) in [5.74, 6) is -0.906. The molecule has 4 nitrogen and oxygen atoms in total. The second-order valence-corrected chi connectivity index (χ2v) is 5.56. The summed E-state index contributed by atoms with van der Waals surface area (Å²) in [6, 6.07) is 4.06. The van der Waals surface area contributed by atoms with E-state index in [1.54, 1.807) is 13.0 Å². The number of carbonyl (C=O) groups excluding carboxylic acids is 1. The molecular formula is C14H19ClFN3O. The van der Waals surface area contributed by atoms with Crippen LogP contribution in [0.3, 0.4) is 0 Å². The normalized spacial score (nSPS) is 20.1. The zero-order valence-corrected chi connectivity index (χ0v) is 12.2. The minimum absolute atomic E-state index is 0.225. The molecule has 0 bridgehead atoms. The lowest BCUT2D eigenvalue weighted by molar-refractivity contribution is -0.130. The summed E-state index contributed by atoms with van der Waals surface area (Å²) in [7, 11) is 0. The molecule has 20 heavy (non-hydrogen) atoms. The first kappa shape index (κ1) is 15.2. The lowest BCUT2D eigenvalue weighted by Crippen LogP contribution is -2.54. The molecule has 1 saturated heterocycles. The number of hydrogen-bond donors (Lipinski definition) is 2. The largest absolute Gasteiger partial charge is 0.368 e. The van der Waals surface area contributed by atoms with Crippen molar-refractivity contribution in [2.45, 2.75) is 18.9 Å². The Morgan fingerprint density at radius 3 is 2.85 bits per heavy atom. The molecule has 3 N–H and O–H groups in total. The average Bonchev–Trinajstić information content (AvgIpc) is 2.66. The van der Waals surface area contributed by atoms with Gasteiger partial charge in [0.05, 0.1) is 0 Å². The van der Waals surface area contributed by atoms with Crippen molar-refractivity contribution in [2.24, 2.45) is 5.73 Å². The summed E-state index contributed by atoms with van der Waals surface area (Å²) in [4.78, 5) is 14.1. The van der Waals surface area contributed by atoms with Gasteiger partial charge in [0.15, 0.2) is 0 Å². The lowest BCUT2D eigenvalue weighted by atomic mass is 9.88. The number of carbonyl (C=O) groups is 1. The lowest BCUT2D eigenvalue weighted by Gasteiger charge is -2.39. The number of hydrogen-bond acceptors (Lipinski definition) is 3. The number of nitrogens with zero attached hydrogens (tertiary/aromatic N) is 1. The van der Waals surface area contributed by atoms with E-state index in [4.69, 9.17) is 17.3 Å². The second kappa shape index (κ2) is 6.08. The first-order valence-electron chi connectivity index (χ1n) is 6.67. The number of benzene rings is 1. The Morgan fingerprint density at radius 1 is 1.45 bits per heavy atom. The maximum atomic E-state index is 13.2. The number of nitrogens with one attached hydrogen (secondary N) is 1. The molecule has 1 aliphatic rings. The highest BCUT2D eigenvalue weighted by atomic mass is 35.5. The van der Waals surface area contributed by atoms with E-state index in [0.29, 0.717) is 12.1 Å². The standard InChI is InChI=1S/C14H19ClFN3O/c1-14(13(17)20,19-7-2-5-18-6-8-19)11-4-3-10(16)9-12(11)15/h3-4,9,18H,2,5-8H2,1H3,(H2,17,20). The predicted molar refractivity (Wildman–Crippen MR) is 77.0 cm³/mol. The van der Waals surface area contributed by atoms with Gasteiger partial charge in [0, 0.05) is 30.2 Å². The minimum atomic E-state index is -1.03. The van der Waals surface area contributed by atoms with Crippen LogP contribution in [0.1, 0.15) is 18.9 Å². The van der Waals surface area contributed by atoms with Crippen LogP contribution in [0.5, 0.6) is 0 Å². The zero-order chi connectivity index (χ0) is 14.8. The second-order valence-electron chi connectivity index (χ2n) is 5.15. The average molecular weight is 300 g/mol. The van der Waals surface area contributed by atoms with Crippen molar-refractivity contribution in [3.05, 3.63) is 34.6 Å². The Balaban J connectivity index is 2.44. The number of amides is 1. The van der Waals surface area contributed by atoms with Gasteiger partial charge in [-0.2, -0.15) is 0 Å². The van der Waals surface area contributed by atoms with E-state index in [0.717, 1.165) is 26.1 Å². The fourth-order valence-corrected chi connectivity index (χ4v) is 2.99. The summed E-state index contributed by atoms with van der Waals surface area (Å²) in [6.07, 6.45) is 0.918. The topological polar surface area (TPSA) is 58.4 Å². The highest BCUT2D eigenvalue weighted by Crippen LogP contribution is 2.34. The van der Waals surface area contributed by atoms with E-state index in [-0.39, 0.29) is 5.02 Å². The Morgan fingerprint density at radius 2 is 2.20 bits per heavy atom. The van der Waals surface area contributed by atoms with Crippen LogP contribution in [-0.2, 0) is 10.3 Å². The molecular weight excluding hydrogens is 281 g/mol. The van der Waals surface area contributed by atoms with E-state index < -0.39 is 17.3 Å². The van der Waals surface area contributed by atoms with Crippen LogP contribution in [0.25, 0.3) is 0 Å². The molecule has 0 aliphatic carbocycles. The summed E-state index contributed by atoms with van der Waals surface area (Å²) in [5, 5.41) is 3.50. The molecule has 0 aromatic heterocycles. The first-order valence-corrected chi connectivity index (χ1v) is 7.05. The van der Waals surface area contributed by atoms with Gasteiger partial charge in [-0.1, -0.05) is 17.7 Å². The molecule has 1 unspecified atom stereocenters. The third kappa shape index (κ3) is 2.80. The van der Waals surface area contributed by atoms with Gasteiger partial charge in [-0.3, -0.25) is 9.69 Å². The van der Waals surface area contributed by atoms with Crippen LogP contribution >= 0.6 is 11.6 Å². The van der Waals surface area contributed by atoms with Crippen LogP contribution in [-0.4, -0.2) is 37.0 Å². The van der Waals surface area contributed by atoms with Crippen molar-refractivity contribution in [1.82, 2.24) is 10.2 Å². The highest BCUT2D eigenvalue weighted by Gasteiger charge is 2.41. The van der Waals surface area contributed by atoms with Crippen molar-refractivity contribution < 1.29 is 9.18 Å². The van der Waals surface area contributed by atoms with Crippen molar-refractivity contribution in [2.75, 3.05) is 26.2 Å². The van der Waals surface area contributed by atoms with E-state index in [1.165, 1.54) is 12.1 Å². The maximum absolute atomic E-state index is 13.2. The van der Waals surface area contributed by atoms with E-state index in [2.05, 4.69) is 5.32 Å². The molecule has 110 valence electrons. The van der Waals surface area contributed by atoms with Gasteiger partial charge in [-0.15, -0.1) is 0 Å². The summed E-state index contributed by atoms with van der Waals surface area (Å²) in [5.41, 5.74) is 5.16. The van der Waals surface area contributed by atoms with E-state index in [9.17, 15) is 9.18 Å². The van der Waals surface area contributed by atoms with Crippen LogP contribution in [0.15, 0.2) is 18.2 Å². The fourth-order valence-electron chi connectivity index (χ4n) is 2.64. The molecule has 1 fully saturated rings. The molecule has 6 heteroatoms. The van der Waals surface area contributed by atoms with Gasteiger partial charge in [0.25, 0.3) is 0 Å². The smallest absolute Gasteiger partial charge is 0.242 e. The maximum Gasteiger partial charge on any atom is 0.242 e. The SMILES string of the molecule is CC(C(N)=O)(c1ccc(F)cc1Cl)N1CCCNCC1. The molecule has 0 saturated carbocycles. The first-order chi connectivity index (χ1) is 9.46. The Kier molecular flexibility index (Phi) is 4.62. The fraction of sp³-hybridized carbons (Fsp3) is 0.500. The summed E-state index contributed by atoms with van der Waals surface area (Å²) in [6.45, 7) is 4.86. The van der Waals surface area contributed by atoms with Crippen molar-refractivity contribution in [1.29, 1.82) is 0 Å². The predicted octanol–water partition coefficient (Wildman–Crippen LogP) is 1.47. The quantitative estimate of drug-likeness (QED) is 0.889. The van der Waals surface area contributed by atoms with E-state index >= 15 is 0 Å². The molecule has 0 radical (unpaired) electrons. The monoisotopic (exact) mass is 299 g/mol. The van der Waals surface area contributed by atoms with Crippen LogP contribution < -0.4 is 11.1 Å². The van der Waals surface area contributed by atoms with Gasteiger partial charge in [0.2, 0.25) is 5.91 Å². The highest BCUT2D eigenvalue weighted by molar-refractivity contribution is 6.31. The minimum Gasteiger partial charge on any atom is -0.368 e. The number of halogens is 2. The summed E-state index contributed by atoms with van der Waals surface area (Å²) < 4.78 is 13.2. The van der Waals surface area contributed by atoms with Gasteiger partial charge >= 0.3 is 0 Å². The molecule has 0 spiro atoms. The van der Waals surface area contributed by atoms with Gasteiger partial charge in [-0.25, -0.2) is 4.39 Å². The Hall–Kier alpha value is -1.17. The Bertz CT molecular complexity index is 503. The zero-order valence-electron chi connectivity index (χ0n) is 11.5. The van der Waals surface area contributed by atoms with Crippen molar-refractivity contribution in [3.63, 3.8) is 0 Å². The number of nitrogens with two attached hydrogens (primary N) is 1. The Labute approximate surface area is 123 Å². The molecule has 2 rings (SSSR count). The van der Waals surface area contributed by atoms with Crippen LogP contribution in [0, 0.1) is 5.82 Å². The molecule has 1 aromatic carbocycles. The molecule has 1 aromatic rings. The summed E-state index contributed by atoms with van der Waals surface area (Å²) >= 11 is 6.13. The van der Waals surface area contributed by atoms with Crippen LogP contribution in [0.4, 0.5) is 4.39 Å². The van der Waals surface area contributed by atoms with Crippen LogP contribution in [0.2, 0.25) is 5.02 Å². The third-order valence-corrected chi connectivity index (χ3v) is 4.22.